The van der Waals surface area contributed by atoms with Crippen molar-refractivity contribution in [2.24, 2.45) is 7.05 Å². The number of fused-ring (bicyclic) bond motifs is 1. The van der Waals surface area contributed by atoms with Crippen LogP contribution in [0.15, 0.2) is 28.9 Å². The van der Waals surface area contributed by atoms with Gasteiger partial charge in [0.05, 0.1) is 17.6 Å². The first-order chi connectivity index (χ1) is 9.19. The summed E-state index contributed by atoms with van der Waals surface area (Å²) in [5.74, 6) is 0.764. The van der Waals surface area contributed by atoms with Crippen LogP contribution in [0.2, 0.25) is 0 Å². The second kappa shape index (κ2) is 4.79. The minimum atomic E-state index is 0.549. The van der Waals surface area contributed by atoms with Gasteiger partial charge in [0.2, 0.25) is 0 Å². The Kier molecular flexibility index (Phi) is 3.12. The van der Waals surface area contributed by atoms with Crippen LogP contribution in [0, 0.1) is 0 Å². The highest BCUT2D eigenvalue weighted by Gasteiger charge is 2.12. The molecule has 5 nitrogen and oxygen atoms in total. The van der Waals surface area contributed by atoms with Crippen molar-refractivity contribution in [3.05, 3.63) is 34.4 Å². The summed E-state index contributed by atoms with van der Waals surface area (Å²) in [6, 6.07) is 7.95. The number of nitrogens with one attached hydrogen (secondary N) is 1. The van der Waals surface area contributed by atoms with Gasteiger partial charge < -0.3 is 9.72 Å². The van der Waals surface area contributed by atoms with Gasteiger partial charge in [-0.3, -0.25) is 4.68 Å². The van der Waals surface area contributed by atoms with Gasteiger partial charge in [-0.25, -0.2) is 4.98 Å². The summed E-state index contributed by atoms with van der Waals surface area (Å²) in [6.45, 7) is 0.549. The molecule has 3 rings (SSSR count). The van der Waals surface area contributed by atoms with E-state index < -0.39 is 0 Å². The van der Waals surface area contributed by atoms with E-state index in [0.29, 0.717) is 6.61 Å². The SMILES string of the molecule is COCc1cccc2[nH]c(-c3cc(Br)n(C)n3)nc12. The molecule has 6 heteroatoms. The maximum Gasteiger partial charge on any atom is 0.159 e. The molecule has 0 saturated carbocycles. The Hall–Kier alpha value is -1.66. The second-order valence-corrected chi connectivity index (χ2v) is 5.12. The topological polar surface area (TPSA) is 55.7 Å². The fraction of sp³-hybridized carbons (Fsp3) is 0.231. The number of aromatic amines is 1. The lowest BCUT2D eigenvalue weighted by Crippen LogP contribution is -1.90. The maximum absolute atomic E-state index is 5.19. The summed E-state index contributed by atoms with van der Waals surface area (Å²) in [4.78, 5) is 7.91. The highest BCUT2D eigenvalue weighted by atomic mass is 79.9. The number of hydrogen-bond donors (Lipinski definition) is 1. The predicted octanol–water partition coefficient (Wildman–Crippen LogP) is 2.87. The molecule has 0 bridgehead atoms. The first-order valence-electron chi connectivity index (χ1n) is 5.85. The lowest BCUT2D eigenvalue weighted by Gasteiger charge is -1.98. The molecule has 0 spiro atoms. The van der Waals surface area contributed by atoms with E-state index in [0.717, 1.165) is 32.7 Å². The number of aromatic nitrogens is 4. The number of aryl methyl sites for hydroxylation is 1. The molecule has 0 saturated heterocycles. The third-order valence-electron chi connectivity index (χ3n) is 2.96. The van der Waals surface area contributed by atoms with Gasteiger partial charge in [-0.1, -0.05) is 12.1 Å². The second-order valence-electron chi connectivity index (χ2n) is 4.31. The smallest absolute Gasteiger partial charge is 0.159 e. The number of methoxy groups -OCH3 is 1. The Balaban J connectivity index is 2.13. The Bertz CT molecular complexity index is 712. The number of ether oxygens (including phenoxy) is 1. The van der Waals surface area contributed by atoms with E-state index in [9.17, 15) is 0 Å². The zero-order valence-corrected chi connectivity index (χ0v) is 12.2. The fourth-order valence-corrected chi connectivity index (χ4v) is 2.34. The van der Waals surface area contributed by atoms with Gasteiger partial charge in [-0.15, -0.1) is 0 Å². The molecule has 1 N–H and O–H groups in total. The number of benzene rings is 1. The van der Waals surface area contributed by atoms with Crippen LogP contribution in [-0.4, -0.2) is 26.9 Å². The molecule has 1 aromatic carbocycles. The van der Waals surface area contributed by atoms with Crippen molar-refractivity contribution in [2.75, 3.05) is 7.11 Å². The van der Waals surface area contributed by atoms with Crippen LogP contribution in [0.1, 0.15) is 5.56 Å². The van der Waals surface area contributed by atoms with Crippen LogP contribution in [0.4, 0.5) is 0 Å². The Morgan fingerprint density at radius 3 is 2.95 bits per heavy atom. The molecule has 19 heavy (non-hydrogen) atoms. The normalized spacial score (nSPS) is 11.3. The number of imidazole rings is 1. The van der Waals surface area contributed by atoms with Crippen molar-refractivity contribution in [3.63, 3.8) is 0 Å². The third kappa shape index (κ3) is 2.17. The Morgan fingerprint density at radius 2 is 2.26 bits per heavy atom. The zero-order chi connectivity index (χ0) is 13.4. The first-order valence-corrected chi connectivity index (χ1v) is 6.65. The maximum atomic E-state index is 5.19. The largest absolute Gasteiger partial charge is 0.380 e. The molecule has 0 unspecified atom stereocenters. The van der Waals surface area contributed by atoms with Crippen molar-refractivity contribution in [2.45, 2.75) is 6.61 Å². The predicted molar refractivity (Wildman–Crippen MR) is 76.7 cm³/mol. The molecule has 2 aromatic heterocycles. The lowest BCUT2D eigenvalue weighted by atomic mass is 10.2. The van der Waals surface area contributed by atoms with Crippen molar-refractivity contribution in [1.82, 2.24) is 19.7 Å². The van der Waals surface area contributed by atoms with Crippen LogP contribution in [0.25, 0.3) is 22.6 Å². The summed E-state index contributed by atoms with van der Waals surface area (Å²) in [7, 11) is 3.56. The van der Waals surface area contributed by atoms with Gasteiger partial charge in [0.15, 0.2) is 5.82 Å². The number of H-pyrrole nitrogens is 1. The van der Waals surface area contributed by atoms with Crippen LogP contribution < -0.4 is 0 Å². The van der Waals surface area contributed by atoms with Crippen LogP contribution in [-0.2, 0) is 18.4 Å². The molecule has 0 fully saturated rings. The van der Waals surface area contributed by atoms with Gasteiger partial charge in [-0.05, 0) is 22.0 Å². The molecule has 0 aliphatic carbocycles. The van der Waals surface area contributed by atoms with Crippen molar-refractivity contribution < 1.29 is 4.74 Å². The molecule has 0 amide bonds. The van der Waals surface area contributed by atoms with E-state index in [2.05, 4.69) is 31.0 Å². The van der Waals surface area contributed by atoms with Gasteiger partial charge in [0, 0.05) is 25.8 Å². The number of halogens is 1. The molecular weight excluding hydrogens is 308 g/mol. The number of para-hydroxylation sites is 1. The highest BCUT2D eigenvalue weighted by molar-refractivity contribution is 9.10. The minimum absolute atomic E-state index is 0.549. The number of rotatable bonds is 3. The monoisotopic (exact) mass is 320 g/mol. The molecule has 0 aliphatic heterocycles. The van der Waals surface area contributed by atoms with Crippen LogP contribution in [0.3, 0.4) is 0 Å². The quantitative estimate of drug-likeness (QED) is 0.807. The summed E-state index contributed by atoms with van der Waals surface area (Å²) >= 11 is 3.44. The lowest BCUT2D eigenvalue weighted by molar-refractivity contribution is 0.186. The van der Waals surface area contributed by atoms with E-state index in [1.54, 1.807) is 11.8 Å². The molecule has 0 radical (unpaired) electrons. The van der Waals surface area contributed by atoms with E-state index in [4.69, 9.17) is 4.74 Å². The van der Waals surface area contributed by atoms with Crippen molar-refractivity contribution in [3.8, 4) is 11.5 Å². The molecule has 2 heterocycles. The van der Waals surface area contributed by atoms with Gasteiger partial charge in [0.25, 0.3) is 0 Å². The van der Waals surface area contributed by atoms with Gasteiger partial charge >= 0.3 is 0 Å². The van der Waals surface area contributed by atoms with Crippen LogP contribution >= 0.6 is 15.9 Å². The number of nitrogens with zero attached hydrogens (tertiary/aromatic N) is 3. The molecular formula is C13H13BrN4O. The zero-order valence-electron chi connectivity index (χ0n) is 10.6. The Labute approximate surface area is 118 Å². The molecule has 98 valence electrons. The summed E-state index contributed by atoms with van der Waals surface area (Å²) < 4.78 is 7.87. The Morgan fingerprint density at radius 1 is 1.42 bits per heavy atom. The average molecular weight is 321 g/mol. The summed E-state index contributed by atoms with van der Waals surface area (Å²) in [5, 5.41) is 4.40. The third-order valence-corrected chi connectivity index (χ3v) is 3.70. The summed E-state index contributed by atoms with van der Waals surface area (Å²) in [5.41, 5.74) is 3.80. The van der Waals surface area contributed by atoms with Crippen molar-refractivity contribution >= 4 is 27.0 Å². The van der Waals surface area contributed by atoms with E-state index in [1.165, 1.54) is 0 Å². The highest BCUT2D eigenvalue weighted by Crippen LogP contribution is 2.24. The van der Waals surface area contributed by atoms with Crippen molar-refractivity contribution in [1.29, 1.82) is 0 Å². The summed E-state index contributed by atoms with van der Waals surface area (Å²) in [6.07, 6.45) is 0. The molecule has 0 atom stereocenters. The van der Waals surface area contributed by atoms with Gasteiger partial charge in [0.1, 0.15) is 10.3 Å². The van der Waals surface area contributed by atoms with Gasteiger partial charge in [-0.2, -0.15) is 5.10 Å². The van der Waals surface area contributed by atoms with E-state index >= 15 is 0 Å². The fourth-order valence-electron chi connectivity index (χ4n) is 2.05. The average Bonchev–Trinajstić information content (AvgIpc) is 2.95. The van der Waals surface area contributed by atoms with E-state index in [-0.39, 0.29) is 0 Å². The standard InChI is InChI=1S/C13H13BrN4O/c1-18-11(14)6-10(17-18)13-15-9-5-3-4-8(7-19-2)12(9)16-13/h3-6H,7H2,1-2H3,(H,15,16). The minimum Gasteiger partial charge on any atom is -0.380 e. The first kappa shape index (κ1) is 12.4. The molecule has 3 aromatic rings. The van der Waals surface area contributed by atoms with E-state index in [1.807, 2.05) is 31.3 Å². The molecule has 0 aliphatic rings. The number of hydrogen-bond acceptors (Lipinski definition) is 3. The van der Waals surface area contributed by atoms with Crippen LogP contribution in [0.5, 0.6) is 0 Å².